The summed E-state index contributed by atoms with van der Waals surface area (Å²) in [5.41, 5.74) is -0.141. The topological polar surface area (TPSA) is 84.2 Å². The number of imidazole rings is 1. The predicted octanol–water partition coefficient (Wildman–Crippen LogP) is 4.27. The number of halogens is 3. The van der Waals surface area contributed by atoms with E-state index in [1.54, 1.807) is 23.9 Å². The fourth-order valence-electron chi connectivity index (χ4n) is 3.77. The molecule has 0 spiro atoms. The van der Waals surface area contributed by atoms with Crippen LogP contribution in [-0.2, 0) is 13.2 Å². The molecule has 0 fully saturated rings. The number of hydrogen-bond acceptors (Lipinski definition) is 4. The third-order valence-electron chi connectivity index (χ3n) is 5.20. The molecule has 0 saturated carbocycles. The Balaban J connectivity index is 1.87. The standard InChI is InChI=1S/C21H16F3N3O3/c1-27-10-9-25-19(27)16-17(11-5-7-12(8-6-11)21(22,23)24)26-14-4-2-3-13(20(29)30)15(14)18(16)28/h2-10,16-17,26H,1H3,(H,29,30). The first-order valence-electron chi connectivity index (χ1n) is 9.00. The zero-order chi connectivity index (χ0) is 21.6. The van der Waals surface area contributed by atoms with E-state index in [0.29, 0.717) is 17.1 Å². The van der Waals surface area contributed by atoms with Gasteiger partial charge in [-0.2, -0.15) is 13.2 Å². The van der Waals surface area contributed by atoms with Crippen LogP contribution in [0.1, 0.15) is 49.6 Å². The lowest BCUT2D eigenvalue weighted by atomic mass is 9.80. The Morgan fingerprint density at radius 3 is 2.43 bits per heavy atom. The molecule has 0 saturated heterocycles. The number of carbonyl (C=O) groups is 2. The molecule has 1 aliphatic heterocycles. The van der Waals surface area contributed by atoms with Crippen LogP contribution in [-0.4, -0.2) is 26.4 Å². The van der Waals surface area contributed by atoms with Gasteiger partial charge in [0.05, 0.1) is 22.7 Å². The molecule has 1 aliphatic rings. The van der Waals surface area contributed by atoms with Gasteiger partial charge in [-0.3, -0.25) is 4.79 Å². The normalized spacial score (nSPS) is 18.6. The van der Waals surface area contributed by atoms with E-state index in [-0.39, 0.29) is 11.1 Å². The molecule has 0 bridgehead atoms. The van der Waals surface area contributed by atoms with Crippen LogP contribution in [0.2, 0.25) is 0 Å². The second-order valence-corrected chi connectivity index (χ2v) is 7.01. The molecule has 0 amide bonds. The van der Waals surface area contributed by atoms with E-state index in [1.165, 1.54) is 30.5 Å². The van der Waals surface area contributed by atoms with Gasteiger partial charge in [0.1, 0.15) is 11.7 Å². The summed E-state index contributed by atoms with van der Waals surface area (Å²) >= 11 is 0. The molecular weight excluding hydrogens is 399 g/mol. The number of benzene rings is 2. The van der Waals surface area contributed by atoms with Gasteiger partial charge in [-0.15, -0.1) is 0 Å². The highest BCUT2D eigenvalue weighted by molar-refractivity contribution is 6.14. The minimum absolute atomic E-state index is 0.0289. The second-order valence-electron chi connectivity index (χ2n) is 7.01. The number of carbonyl (C=O) groups excluding carboxylic acids is 1. The lowest BCUT2D eigenvalue weighted by Gasteiger charge is -2.34. The van der Waals surface area contributed by atoms with Crippen LogP contribution in [0.4, 0.5) is 18.9 Å². The van der Waals surface area contributed by atoms with E-state index in [1.807, 2.05) is 0 Å². The van der Waals surface area contributed by atoms with Crippen molar-refractivity contribution < 1.29 is 27.9 Å². The molecule has 2 unspecified atom stereocenters. The third-order valence-corrected chi connectivity index (χ3v) is 5.20. The Hall–Kier alpha value is -3.62. The van der Waals surface area contributed by atoms with Crippen LogP contribution >= 0.6 is 0 Å². The van der Waals surface area contributed by atoms with Crippen LogP contribution < -0.4 is 5.32 Å². The van der Waals surface area contributed by atoms with Crippen molar-refractivity contribution in [1.82, 2.24) is 9.55 Å². The summed E-state index contributed by atoms with van der Waals surface area (Å²) in [6.07, 6.45) is -1.33. The van der Waals surface area contributed by atoms with Gasteiger partial charge in [0.2, 0.25) is 0 Å². The van der Waals surface area contributed by atoms with Gasteiger partial charge in [-0.1, -0.05) is 18.2 Å². The predicted molar refractivity (Wildman–Crippen MR) is 101 cm³/mol. The average Bonchev–Trinajstić information content (AvgIpc) is 3.12. The van der Waals surface area contributed by atoms with Gasteiger partial charge in [-0.05, 0) is 29.8 Å². The summed E-state index contributed by atoms with van der Waals surface area (Å²) in [5.74, 6) is -2.24. The smallest absolute Gasteiger partial charge is 0.416 e. The van der Waals surface area contributed by atoms with Gasteiger partial charge in [-0.25, -0.2) is 9.78 Å². The summed E-state index contributed by atoms with van der Waals surface area (Å²) in [4.78, 5) is 29.4. The van der Waals surface area contributed by atoms with Crippen molar-refractivity contribution >= 4 is 17.4 Å². The summed E-state index contributed by atoms with van der Waals surface area (Å²) in [6.45, 7) is 0. The molecule has 2 aromatic carbocycles. The van der Waals surface area contributed by atoms with E-state index >= 15 is 0 Å². The van der Waals surface area contributed by atoms with Gasteiger partial charge in [0, 0.05) is 25.1 Å². The second kappa shape index (κ2) is 7.01. The summed E-state index contributed by atoms with van der Waals surface area (Å²) in [5, 5.41) is 12.7. The molecule has 6 nitrogen and oxygen atoms in total. The van der Waals surface area contributed by atoms with Gasteiger partial charge < -0.3 is 15.0 Å². The van der Waals surface area contributed by atoms with Crippen molar-refractivity contribution in [2.24, 2.45) is 7.05 Å². The van der Waals surface area contributed by atoms with E-state index < -0.39 is 35.5 Å². The fourth-order valence-corrected chi connectivity index (χ4v) is 3.77. The average molecular weight is 415 g/mol. The summed E-state index contributed by atoms with van der Waals surface area (Å²) < 4.78 is 40.5. The molecular formula is C21H16F3N3O3. The van der Waals surface area contributed by atoms with Crippen molar-refractivity contribution in [1.29, 1.82) is 0 Å². The molecule has 4 rings (SSSR count). The number of carboxylic acid groups (broad SMARTS) is 1. The van der Waals surface area contributed by atoms with Gasteiger partial charge >= 0.3 is 12.1 Å². The first-order valence-corrected chi connectivity index (χ1v) is 9.00. The van der Waals surface area contributed by atoms with E-state index in [4.69, 9.17) is 0 Å². The minimum Gasteiger partial charge on any atom is -0.478 e. The largest absolute Gasteiger partial charge is 0.478 e. The number of carboxylic acids is 1. The number of nitrogens with zero attached hydrogens (tertiary/aromatic N) is 2. The number of hydrogen-bond donors (Lipinski definition) is 2. The fraction of sp³-hybridized carbons (Fsp3) is 0.190. The highest BCUT2D eigenvalue weighted by atomic mass is 19.4. The number of rotatable bonds is 3. The molecule has 2 heterocycles. The number of aromatic nitrogens is 2. The molecule has 2 N–H and O–H groups in total. The maximum absolute atomic E-state index is 13.5. The Morgan fingerprint density at radius 1 is 1.17 bits per heavy atom. The number of aryl methyl sites for hydroxylation is 1. The van der Waals surface area contributed by atoms with Crippen molar-refractivity contribution in [3.05, 3.63) is 82.9 Å². The van der Waals surface area contributed by atoms with Crippen LogP contribution in [0.15, 0.2) is 54.9 Å². The first kappa shape index (κ1) is 19.7. The van der Waals surface area contributed by atoms with Crippen molar-refractivity contribution in [3.8, 4) is 0 Å². The summed E-state index contributed by atoms with van der Waals surface area (Å²) in [6, 6.07) is 8.25. The molecule has 0 aliphatic carbocycles. The van der Waals surface area contributed by atoms with Crippen molar-refractivity contribution in [2.45, 2.75) is 18.1 Å². The third kappa shape index (κ3) is 3.22. The Bertz CT molecular complexity index is 1140. The van der Waals surface area contributed by atoms with Crippen molar-refractivity contribution in [2.75, 3.05) is 5.32 Å². The first-order chi connectivity index (χ1) is 14.2. The van der Waals surface area contributed by atoms with E-state index in [2.05, 4.69) is 10.3 Å². The number of Topliss-reactive ketones (excluding diaryl/α,β-unsaturated/α-hetero) is 1. The number of alkyl halides is 3. The Labute approximate surface area is 169 Å². The molecule has 30 heavy (non-hydrogen) atoms. The van der Waals surface area contributed by atoms with Gasteiger partial charge in [0.15, 0.2) is 5.78 Å². The molecule has 1 aromatic heterocycles. The highest BCUT2D eigenvalue weighted by Gasteiger charge is 2.42. The molecule has 154 valence electrons. The quantitative estimate of drug-likeness (QED) is 0.668. The lowest BCUT2D eigenvalue weighted by Crippen LogP contribution is -2.34. The molecule has 0 radical (unpaired) electrons. The van der Waals surface area contributed by atoms with Crippen LogP contribution in [0.5, 0.6) is 0 Å². The zero-order valence-corrected chi connectivity index (χ0v) is 15.6. The van der Waals surface area contributed by atoms with Gasteiger partial charge in [0.25, 0.3) is 0 Å². The maximum Gasteiger partial charge on any atom is 0.416 e. The van der Waals surface area contributed by atoms with Crippen LogP contribution in [0, 0.1) is 0 Å². The highest BCUT2D eigenvalue weighted by Crippen LogP contribution is 2.43. The minimum atomic E-state index is -4.48. The van der Waals surface area contributed by atoms with E-state index in [0.717, 1.165) is 12.1 Å². The molecule has 2 atom stereocenters. The van der Waals surface area contributed by atoms with Crippen LogP contribution in [0.25, 0.3) is 0 Å². The van der Waals surface area contributed by atoms with Crippen LogP contribution in [0.3, 0.4) is 0 Å². The summed E-state index contributed by atoms with van der Waals surface area (Å²) in [7, 11) is 1.69. The molecule has 9 heteroatoms. The van der Waals surface area contributed by atoms with E-state index in [9.17, 15) is 27.9 Å². The lowest BCUT2D eigenvalue weighted by molar-refractivity contribution is -0.137. The monoisotopic (exact) mass is 415 g/mol. The Kier molecular flexibility index (Phi) is 4.60. The maximum atomic E-state index is 13.5. The number of nitrogens with one attached hydrogen (secondary N) is 1. The van der Waals surface area contributed by atoms with Crippen molar-refractivity contribution in [3.63, 3.8) is 0 Å². The Morgan fingerprint density at radius 2 is 1.87 bits per heavy atom. The number of anilines is 1. The number of aromatic carboxylic acids is 1. The molecule has 3 aromatic rings. The number of ketones is 1. The SMILES string of the molecule is Cn1ccnc1C1C(=O)c2c(cccc2C(=O)O)NC1c1ccc(C(F)(F)F)cc1. The zero-order valence-electron chi connectivity index (χ0n) is 15.6. The number of fused-ring (bicyclic) bond motifs is 1.